The van der Waals surface area contributed by atoms with Gasteiger partial charge in [-0.3, -0.25) is 14.4 Å². The molecule has 0 atom stereocenters. The van der Waals surface area contributed by atoms with Crippen LogP contribution in [0.25, 0.3) is 0 Å². The van der Waals surface area contributed by atoms with Crippen molar-refractivity contribution in [2.75, 3.05) is 32.8 Å². The van der Waals surface area contributed by atoms with Gasteiger partial charge in [0.15, 0.2) is 0 Å². The van der Waals surface area contributed by atoms with Gasteiger partial charge in [-0.2, -0.15) is 5.10 Å². The van der Waals surface area contributed by atoms with Gasteiger partial charge in [0.2, 0.25) is 0 Å². The first kappa shape index (κ1) is 19.2. The van der Waals surface area contributed by atoms with Crippen molar-refractivity contribution in [2.45, 2.75) is 44.2 Å². The van der Waals surface area contributed by atoms with E-state index in [-0.39, 0.29) is 11.4 Å². The fraction of sp³-hybridized carbons (Fsp3) is 0.545. The number of aromatic nitrogens is 2. The Morgan fingerprint density at radius 2 is 1.86 bits per heavy atom. The van der Waals surface area contributed by atoms with Crippen molar-refractivity contribution in [2.24, 2.45) is 0 Å². The smallest absolute Gasteiger partial charge is 0.254 e. The molecule has 1 aromatic heterocycles. The summed E-state index contributed by atoms with van der Waals surface area (Å²) in [6.45, 7) is 4.89. The van der Waals surface area contributed by atoms with E-state index in [0.717, 1.165) is 39.1 Å². The van der Waals surface area contributed by atoms with E-state index >= 15 is 0 Å². The van der Waals surface area contributed by atoms with Crippen molar-refractivity contribution >= 4 is 5.91 Å². The maximum absolute atomic E-state index is 12.8. The second kappa shape index (κ2) is 8.88. The number of nitrogens with zero attached hydrogens (tertiary/aromatic N) is 3. The number of hydrogen-bond donors (Lipinski definition) is 1. The van der Waals surface area contributed by atoms with E-state index in [2.05, 4.69) is 27.4 Å². The molecule has 2 fully saturated rings. The van der Waals surface area contributed by atoms with Crippen molar-refractivity contribution in [1.82, 2.24) is 20.0 Å². The van der Waals surface area contributed by atoms with Crippen molar-refractivity contribution in [3.8, 4) is 0 Å². The van der Waals surface area contributed by atoms with Crippen LogP contribution in [0.2, 0.25) is 0 Å². The molecule has 2 heterocycles. The number of carbonyl (C=O) groups is 1. The van der Waals surface area contributed by atoms with E-state index in [4.69, 9.17) is 4.74 Å². The molecule has 150 valence electrons. The molecule has 1 aromatic carbocycles. The number of ether oxygens (including phenoxy) is 1. The van der Waals surface area contributed by atoms with Crippen molar-refractivity contribution in [1.29, 1.82) is 0 Å². The maximum Gasteiger partial charge on any atom is 0.254 e. The number of rotatable bonds is 6. The minimum atomic E-state index is -0.0301. The number of benzene rings is 1. The zero-order valence-corrected chi connectivity index (χ0v) is 16.5. The first-order chi connectivity index (χ1) is 13.8. The third-order valence-electron chi connectivity index (χ3n) is 6.13. The lowest BCUT2D eigenvalue weighted by atomic mass is 9.79. The summed E-state index contributed by atoms with van der Waals surface area (Å²) >= 11 is 0. The summed E-state index contributed by atoms with van der Waals surface area (Å²) in [5.41, 5.74) is 1.88. The summed E-state index contributed by atoms with van der Waals surface area (Å²) in [6, 6.07) is 10.2. The molecule has 1 aliphatic heterocycles. The van der Waals surface area contributed by atoms with Gasteiger partial charge in [-0.15, -0.1) is 0 Å². The third kappa shape index (κ3) is 4.45. The average Bonchev–Trinajstić information content (AvgIpc) is 3.23. The van der Waals surface area contributed by atoms with Gasteiger partial charge in [0, 0.05) is 31.4 Å². The molecule has 1 N–H and O–H groups in total. The van der Waals surface area contributed by atoms with Gasteiger partial charge < -0.3 is 10.1 Å². The Bertz CT molecular complexity index is 762. The second-order valence-corrected chi connectivity index (χ2v) is 7.98. The molecule has 28 heavy (non-hydrogen) atoms. The highest BCUT2D eigenvalue weighted by atomic mass is 16.5. The zero-order valence-electron chi connectivity index (χ0n) is 16.5. The summed E-state index contributed by atoms with van der Waals surface area (Å²) < 4.78 is 7.36. The zero-order chi connectivity index (χ0) is 19.2. The Kier molecular flexibility index (Phi) is 6.07. The molecule has 0 spiro atoms. The fourth-order valence-corrected chi connectivity index (χ4v) is 4.54. The van der Waals surface area contributed by atoms with Crippen molar-refractivity contribution < 1.29 is 9.53 Å². The lowest BCUT2D eigenvalue weighted by Crippen LogP contribution is -2.59. The van der Waals surface area contributed by atoms with Crippen LogP contribution >= 0.6 is 0 Å². The fourth-order valence-electron chi connectivity index (χ4n) is 4.54. The highest BCUT2D eigenvalue weighted by Crippen LogP contribution is 2.33. The van der Waals surface area contributed by atoms with E-state index in [0.29, 0.717) is 18.7 Å². The van der Waals surface area contributed by atoms with Gasteiger partial charge in [-0.25, -0.2) is 0 Å². The molecule has 6 heteroatoms. The number of nitrogens with one attached hydrogen (secondary N) is 1. The molecule has 0 bridgehead atoms. The van der Waals surface area contributed by atoms with Crippen LogP contribution in [0.15, 0.2) is 42.7 Å². The van der Waals surface area contributed by atoms with Crippen LogP contribution in [0.1, 0.15) is 48.0 Å². The molecular formula is C22H30N4O2. The minimum Gasteiger partial charge on any atom is -0.379 e. The van der Waals surface area contributed by atoms with Crippen LogP contribution < -0.4 is 5.32 Å². The average molecular weight is 383 g/mol. The highest BCUT2D eigenvalue weighted by Gasteiger charge is 2.38. The first-order valence-corrected chi connectivity index (χ1v) is 10.4. The molecule has 0 unspecified atom stereocenters. The molecule has 2 aliphatic rings. The first-order valence-electron chi connectivity index (χ1n) is 10.4. The summed E-state index contributed by atoms with van der Waals surface area (Å²) in [4.78, 5) is 15.3. The molecular weight excluding hydrogens is 352 g/mol. The Morgan fingerprint density at radius 1 is 1.11 bits per heavy atom. The van der Waals surface area contributed by atoms with Crippen LogP contribution in [0, 0.1) is 0 Å². The summed E-state index contributed by atoms with van der Waals surface area (Å²) in [5, 5.41) is 7.57. The Balaban J connectivity index is 1.38. The van der Waals surface area contributed by atoms with Crippen LogP contribution in [0.5, 0.6) is 0 Å². The van der Waals surface area contributed by atoms with Gasteiger partial charge in [0.05, 0.1) is 31.5 Å². The molecule has 1 saturated carbocycles. The van der Waals surface area contributed by atoms with Crippen LogP contribution in [-0.2, 0) is 11.3 Å². The lowest BCUT2D eigenvalue weighted by molar-refractivity contribution is -0.0361. The predicted octanol–water partition coefficient (Wildman–Crippen LogP) is 2.70. The molecule has 4 rings (SSSR count). The van der Waals surface area contributed by atoms with E-state index in [1.165, 1.54) is 24.8 Å². The van der Waals surface area contributed by atoms with E-state index in [1.54, 1.807) is 6.20 Å². The van der Waals surface area contributed by atoms with Gasteiger partial charge in [-0.05, 0) is 18.4 Å². The standard InChI is InChI=1S/C22H30N4O2/c27-21(20-15-24-26(17-20)16-19-7-3-1-4-8-19)23-18-22(9-5-2-6-10-22)25-11-13-28-14-12-25/h1,3-4,7-8,15,17H,2,5-6,9-14,16,18H2,(H,23,27). The van der Waals surface area contributed by atoms with Gasteiger partial charge in [0.1, 0.15) is 0 Å². The molecule has 1 amide bonds. The van der Waals surface area contributed by atoms with Crippen LogP contribution in [0.3, 0.4) is 0 Å². The van der Waals surface area contributed by atoms with Crippen LogP contribution in [-0.4, -0.2) is 59.0 Å². The summed E-state index contributed by atoms with van der Waals surface area (Å²) in [6.07, 6.45) is 9.59. The topological polar surface area (TPSA) is 59.4 Å². The molecule has 2 aromatic rings. The SMILES string of the molecule is O=C(NCC1(N2CCOCC2)CCCCC1)c1cnn(Cc2ccccc2)c1. The van der Waals surface area contributed by atoms with E-state index < -0.39 is 0 Å². The van der Waals surface area contributed by atoms with Crippen molar-refractivity contribution in [3.63, 3.8) is 0 Å². The summed E-state index contributed by atoms with van der Waals surface area (Å²) in [7, 11) is 0. The largest absolute Gasteiger partial charge is 0.379 e. The molecule has 1 aliphatic carbocycles. The minimum absolute atomic E-state index is 0.0301. The number of hydrogen-bond acceptors (Lipinski definition) is 4. The predicted molar refractivity (Wildman–Crippen MR) is 108 cm³/mol. The van der Waals surface area contributed by atoms with Crippen molar-refractivity contribution in [3.05, 3.63) is 53.9 Å². The quantitative estimate of drug-likeness (QED) is 0.835. The normalized spacial score (nSPS) is 20.0. The van der Waals surface area contributed by atoms with Crippen LogP contribution in [0.4, 0.5) is 0 Å². The number of carbonyl (C=O) groups excluding carboxylic acids is 1. The molecule has 1 saturated heterocycles. The lowest BCUT2D eigenvalue weighted by Gasteiger charge is -2.48. The second-order valence-electron chi connectivity index (χ2n) is 7.98. The third-order valence-corrected chi connectivity index (χ3v) is 6.13. The summed E-state index contributed by atoms with van der Waals surface area (Å²) in [5.74, 6) is -0.0301. The van der Waals surface area contributed by atoms with Gasteiger partial charge >= 0.3 is 0 Å². The number of amides is 1. The maximum atomic E-state index is 12.8. The number of morpholine rings is 1. The Morgan fingerprint density at radius 3 is 2.61 bits per heavy atom. The van der Waals surface area contributed by atoms with Gasteiger partial charge in [-0.1, -0.05) is 49.6 Å². The monoisotopic (exact) mass is 382 g/mol. The highest BCUT2D eigenvalue weighted by molar-refractivity contribution is 5.93. The Hall–Kier alpha value is -2.18. The Labute approximate surface area is 166 Å². The molecule has 6 nitrogen and oxygen atoms in total. The van der Waals surface area contributed by atoms with Gasteiger partial charge in [0.25, 0.3) is 5.91 Å². The van der Waals surface area contributed by atoms with E-state index in [1.807, 2.05) is 29.1 Å². The molecule has 0 radical (unpaired) electrons. The van der Waals surface area contributed by atoms with E-state index in [9.17, 15) is 4.79 Å².